The van der Waals surface area contributed by atoms with Crippen LogP contribution in [-0.4, -0.2) is 48.3 Å². The Morgan fingerprint density at radius 1 is 1.62 bits per heavy atom. The second kappa shape index (κ2) is 6.00. The molecule has 1 unspecified atom stereocenters. The molecule has 0 radical (unpaired) electrons. The number of hydrogen-bond donors (Lipinski definition) is 0. The van der Waals surface area contributed by atoms with Crippen LogP contribution in [0.4, 0.5) is 4.39 Å². The van der Waals surface area contributed by atoms with Gasteiger partial charge in [0.25, 0.3) is 5.91 Å². The topological polar surface area (TPSA) is 67.3 Å². The molecule has 1 aromatic heterocycles. The normalized spacial score (nSPS) is 20.0. The number of terminal acetylenes is 1. The third-order valence-corrected chi connectivity index (χ3v) is 5.26. The summed E-state index contributed by atoms with van der Waals surface area (Å²) in [6.07, 6.45) is 6.43. The Bertz CT molecular complexity index is 715. The van der Waals surface area contributed by atoms with Crippen molar-refractivity contribution in [3.8, 4) is 12.3 Å². The molecule has 112 valence electrons. The summed E-state index contributed by atoms with van der Waals surface area (Å²) in [5, 5.41) is -0.149. The third-order valence-electron chi connectivity index (χ3n) is 3.21. The molecule has 2 rings (SSSR count). The Hall–Kier alpha value is -1.65. The molecule has 1 saturated heterocycles. The van der Waals surface area contributed by atoms with E-state index in [2.05, 4.69) is 10.9 Å². The van der Waals surface area contributed by atoms with Crippen molar-refractivity contribution in [1.82, 2.24) is 9.88 Å². The Morgan fingerprint density at radius 2 is 2.33 bits per heavy atom. The zero-order valence-electron chi connectivity index (χ0n) is 10.9. The van der Waals surface area contributed by atoms with Crippen molar-refractivity contribution in [1.29, 1.82) is 0 Å². The van der Waals surface area contributed by atoms with Crippen LogP contribution in [0.1, 0.15) is 16.8 Å². The van der Waals surface area contributed by atoms with Gasteiger partial charge in [0, 0.05) is 6.04 Å². The first kappa shape index (κ1) is 15.7. The highest BCUT2D eigenvalue weighted by Crippen LogP contribution is 2.22. The molecule has 1 atom stereocenters. The van der Waals surface area contributed by atoms with E-state index in [-0.39, 0.29) is 28.8 Å². The second-order valence-electron chi connectivity index (χ2n) is 4.69. The van der Waals surface area contributed by atoms with E-state index in [9.17, 15) is 17.6 Å². The highest BCUT2D eigenvalue weighted by molar-refractivity contribution is 7.91. The molecule has 0 aliphatic carbocycles. The summed E-state index contributed by atoms with van der Waals surface area (Å²) < 4.78 is 36.3. The maximum Gasteiger partial charge on any atom is 0.258 e. The number of nitrogens with zero attached hydrogens (tertiary/aromatic N) is 2. The van der Waals surface area contributed by atoms with Gasteiger partial charge in [-0.15, -0.1) is 6.42 Å². The first-order chi connectivity index (χ1) is 9.84. The van der Waals surface area contributed by atoms with Gasteiger partial charge in [0.15, 0.2) is 9.84 Å². The van der Waals surface area contributed by atoms with Crippen molar-refractivity contribution in [2.45, 2.75) is 12.5 Å². The van der Waals surface area contributed by atoms with Crippen LogP contribution in [0.5, 0.6) is 0 Å². The van der Waals surface area contributed by atoms with E-state index in [0.717, 1.165) is 12.3 Å². The van der Waals surface area contributed by atoms with Crippen molar-refractivity contribution in [3.05, 3.63) is 28.8 Å². The zero-order valence-corrected chi connectivity index (χ0v) is 12.5. The smallest absolute Gasteiger partial charge is 0.258 e. The summed E-state index contributed by atoms with van der Waals surface area (Å²) in [5.41, 5.74) is -0.129. The standard InChI is InChI=1S/C13H12ClFN2O3S/c1-2-4-17(10-3-5-21(19,20)8-10)13(18)11-6-9(15)7-16-12(11)14/h1,6-7,10H,3-5,8H2. The predicted octanol–water partition coefficient (Wildman–Crippen LogP) is 1.14. The Morgan fingerprint density at radius 3 is 2.90 bits per heavy atom. The van der Waals surface area contributed by atoms with Gasteiger partial charge in [-0.1, -0.05) is 17.5 Å². The van der Waals surface area contributed by atoms with Crippen LogP contribution >= 0.6 is 11.6 Å². The summed E-state index contributed by atoms with van der Waals surface area (Å²) in [6, 6.07) is 0.433. The van der Waals surface area contributed by atoms with Crippen LogP contribution in [0.15, 0.2) is 12.3 Å². The monoisotopic (exact) mass is 330 g/mol. The predicted molar refractivity (Wildman–Crippen MR) is 76.1 cm³/mol. The van der Waals surface area contributed by atoms with E-state index in [1.165, 1.54) is 4.90 Å². The van der Waals surface area contributed by atoms with Crippen molar-refractivity contribution in [2.75, 3.05) is 18.1 Å². The van der Waals surface area contributed by atoms with Crippen LogP contribution in [0, 0.1) is 18.2 Å². The quantitative estimate of drug-likeness (QED) is 0.615. The molecule has 1 fully saturated rings. The van der Waals surface area contributed by atoms with Crippen LogP contribution in [0.25, 0.3) is 0 Å². The highest BCUT2D eigenvalue weighted by atomic mass is 35.5. The average molecular weight is 331 g/mol. The lowest BCUT2D eigenvalue weighted by Crippen LogP contribution is -2.41. The number of amides is 1. The molecule has 0 N–H and O–H groups in total. The van der Waals surface area contributed by atoms with Crippen molar-refractivity contribution in [2.24, 2.45) is 0 Å². The average Bonchev–Trinajstić information content (AvgIpc) is 2.78. The Balaban J connectivity index is 2.32. The van der Waals surface area contributed by atoms with Crippen LogP contribution in [-0.2, 0) is 9.84 Å². The highest BCUT2D eigenvalue weighted by Gasteiger charge is 2.35. The first-order valence-corrected chi connectivity index (χ1v) is 8.30. The maximum atomic E-state index is 13.2. The zero-order chi connectivity index (χ0) is 15.6. The number of rotatable bonds is 3. The van der Waals surface area contributed by atoms with Crippen molar-refractivity contribution in [3.63, 3.8) is 0 Å². The molecular weight excluding hydrogens is 319 g/mol. The number of pyridine rings is 1. The van der Waals surface area contributed by atoms with Gasteiger partial charge >= 0.3 is 0 Å². The largest absolute Gasteiger partial charge is 0.323 e. The summed E-state index contributed by atoms with van der Waals surface area (Å²) in [5.74, 6) is 0.834. The molecule has 1 aliphatic rings. The minimum absolute atomic E-state index is 0.00114. The van der Waals surface area contributed by atoms with Gasteiger partial charge in [0.2, 0.25) is 0 Å². The fourth-order valence-corrected chi connectivity index (χ4v) is 4.13. The second-order valence-corrected chi connectivity index (χ2v) is 7.27. The van der Waals surface area contributed by atoms with Crippen molar-refractivity contribution >= 4 is 27.3 Å². The fourth-order valence-electron chi connectivity index (χ4n) is 2.21. The van der Waals surface area contributed by atoms with Gasteiger partial charge in [-0.2, -0.15) is 0 Å². The summed E-state index contributed by atoms with van der Waals surface area (Å²) in [6.45, 7) is -0.0775. The molecule has 1 amide bonds. The lowest BCUT2D eigenvalue weighted by atomic mass is 10.1. The molecule has 1 aromatic rings. The SMILES string of the molecule is C#CCN(C(=O)c1cc(F)cnc1Cl)C1CCS(=O)(=O)C1. The van der Waals surface area contributed by atoms with E-state index < -0.39 is 27.6 Å². The van der Waals surface area contributed by atoms with Crippen molar-refractivity contribution < 1.29 is 17.6 Å². The lowest BCUT2D eigenvalue weighted by Gasteiger charge is -2.26. The van der Waals surface area contributed by atoms with Crippen LogP contribution in [0.2, 0.25) is 5.15 Å². The molecule has 2 heterocycles. The molecule has 0 saturated carbocycles. The van der Waals surface area contributed by atoms with Gasteiger partial charge in [-0.3, -0.25) is 4.79 Å². The molecule has 1 aliphatic heterocycles. The van der Waals surface area contributed by atoms with Gasteiger partial charge in [-0.05, 0) is 12.5 Å². The minimum atomic E-state index is -3.18. The molecule has 5 nitrogen and oxygen atoms in total. The van der Waals surface area contributed by atoms with Gasteiger partial charge in [0.05, 0.1) is 29.8 Å². The summed E-state index contributed by atoms with van der Waals surface area (Å²) in [7, 11) is -3.18. The van der Waals surface area contributed by atoms with Gasteiger partial charge in [0.1, 0.15) is 11.0 Å². The number of sulfone groups is 1. The van der Waals surface area contributed by atoms with E-state index in [4.69, 9.17) is 18.0 Å². The maximum absolute atomic E-state index is 13.2. The minimum Gasteiger partial charge on any atom is -0.323 e. The number of hydrogen-bond acceptors (Lipinski definition) is 4. The number of aromatic nitrogens is 1. The van der Waals surface area contributed by atoms with Crippen LogP contribution < -0.4 is 0 Å². The number of carbonyl (C=O) groups is 1. The van der Waals surface area contributed by atoms with Crippen LogP contribution in [0.3, 0.4) is 0 Å². The van der Waals surface area contributed by atoms with E-state index in [1.54, 1.807) is 0 Å². The Labute approximate surface area is 127 Å². The third kappa shape index (κ3) is 3.52. The number of halogens is 2. The van der Waals surface area contributed by atoms with Gasteiger partial charge in [-0.25, -0.2) is 17.8 Å². The Kier molecular flexibility index (Phi) is 4.49. The molecule has 0 spiro atoms. The van der Waals surface area contributed by atoms with Gasteiger partial charge < -0.3 is 4.90 Å². The van der Waals surface area contributed by atoms with E-state index in [0.29, 0.717) is 6.42 Å². The first-order valence-electron chi connectivity index (χ1n) is 6.10. The summed E-state index contributed by atoms with van der Waals surface area (Å²) >= 11 is 5.80. The van der Waals surface area contributed by atoms with E-state index >= 15 is 0 Å². The van der Waals surface area contributed by atoms with E-state index in [1.807, 2.05) is 0 Å². The molecule has 0 bridgehead atoms. The molecule has 0 aromatic carbocycles. The molecule has 21 heavy (non-hydrogen) atoms. The molecular formula is C13H12ClFN2O3S. The number of carbonyl (C=O) groups excluding carboxylic acids is 1. The fraction of sp³-hybridized carbons (Fsp3) is 0.385. The summed E-state index contributed by atoms with van der Waals surface area (Å²) in [4.78, 5) is 17.2. The molecule has 8 heteroatoms. The lowest BCUT2D eigenvalue weighted by molar-refractivity contribution is 0.0723.